The summed E-state index contributed by atoms with van der Waals surface area (Å²) in [4.78, 5) is 24.4. The molecule has 0 spiro atoms. The lowest BCUT2D eigenvalue weighted by Crippen LogP contribution is -2.40. The summed E-state index contributed by atoms with van der Waals surface area (Å²) in [5.74, 6) is -0.527. The quantitative estimate of drug-likeness (QED) is 0.868. The van der Waals surface area contributed by atoms with Crippen LogP contribution in [-0.2, 0) is 4.79 Å². The Morgan fingerprint density at radius 2 is 1.85 bits per heavy atom. The summed E-state index contributed by atoms with van der Waals surface area (Å²) in [5, 5.41) is 11.7. The van der Waals surface area contributed by atoms with E-state index in [0.29, 0.717) is 18.2 Å². The van der Waals surface area contributed by atoms with Crippen molar-refractivity contribution in [3.05, 3.63) is 29.3 Å². The maximum Gasteiger partial charge on any atom is 0.323 e. The first-order chi connectivity index (χ1) is 9.44. The Kier molecular flexibility index (Phi) is 4.27. The maximum atomic E-state index is 12.2. The number of urea groups is 1. The van der Waals surface area contributed by atoms with Gasteiger partial charge in [0.15, 0.2) is 0 Å². The topological polar surface area (TPSA) is 69.6 Å². The molecular formula is C15H20N2O3. The molecule has 1 aromatic carbocycles. The van der Waals surface area contributed by atoms with Crippen molar-refractivity contribution in [1.82, 2.24) is 4.90 Å². The van der Waals surface area contributed by atoms with Crippen LogP contribution in [0.3, 0.4) is 0 Å². The molecule has 5 nitrogen and oxygen atoms in total. The minimum atomic E-state index is -0.985. The van der Waals surface area contributed by atoms with E-state index < -0.39 is 5.97 Å². The van der Waals surface area contributed by atoms with Crippen LogP contribution in [0, 0.1) is 19.8 Å². The molecule has 0 heterocycles. The van der Waals surface area contributed by atoms with Crippen molar-refractivity contribution in [3.63, 3.8) is 0 Å². The van der Waals surface area contributed by atoms with Gasteiger partial charge in [-0.15, -0.1) is 0 Å². The van der Waals surface area contributed by atoms with Gasteiger partial charge in [0.1, 0.15) is 6.54 Å². The number of carboxylic acids is 1. The third-order valence-electron chi connectivity index (χ3n) is 3.26. The summed E-state index contributed by atoms with van der Waals surface area (Å²) in [7, 11) is 0. The molecule has 1 saturated carbocycles. The number of amides is 2. The Morgan fingerprint density at radius 1 is 1.25 bits per heavy atom. The number of anilines is 1. The minimum Gasteiger partial charge on any atom is -0.480 e. The van der Waals surface area contributed by atoms with Crippen molar-refractivity contribution < 1.29 is 14.7 Å². The molecule has 1 aromatic rings. The Balaban J connectivity index is 2.04. The molecule has 1 fully saturated rings. The molecule has 1 aliphatic carbocycles. The van der Waals surface area contributed by atoms with Gasteiger partial charge in [-0.25, -0.2) is 4.79 Å². The molecule has 108 valence electrons. The van der Waals surface area contributed by atoms with Gasteiger partial charge in [-0.2, -0.15) is 0 Å². The van der Waals surface area contributed by atoms with Gasteiger partial charge < -0.3 is 15.3 Å². The van der Waals surface area contributed by atoms with Crippen molar-refractivity contribution in [2.45, 2.75) is 26.7 Å². The van der Waals surface area contributed by atoms with Crippen LogP contribution in [0.15, 0.2) is 18.2 Å². The van der Waals surface area contributed by atoms with Crippen LogP contribution in [0.25, 0.3) is 0 Å². The fourth-order valence-electron chi connectivity index (χ4n) is 2.24. The van der Waals surface area contributed by atoms with Crippen molar-refractivity contribution in [3.8, 4) is 0 Å². The van der Waals surface area contributed by atoms with Crippen molar-refractivity contribution in [2.24, 2.45) is 5.92 Å². The molecule has 0 radical (unpaired) electrons. The van der Waals surface area contributed by atoms with Crippen LogP contribution in [0.1, 0.15) is 24.0 Å². The van der Waals surface area contributed by atoms with Gasteiger partial charge in [0.25, 0.3) is 0 Å². The van der Waals surface area contributed by atoms with E-state index in [4.69, 9.17) is 5.11 Å². The number of aliphatic carboxylic acids is 1. The summed E-state index contributed by atoms with van der Waals surface area (Å²) in [6, 6.07) is 5.43. The monoisotopic (exact) mass is 276 g/mol. The first-order valence-corrected chi connectivity index (χ1v) is 6.80. The van der Waals surface area contributed by atoms with E-state index in [1.807, 2.05) is 32.0 Å². The van der Waals surface area contributed by atoms with E-state index in [1.54, 1.807) is 0 Å². The highest BCUT2D eigenvalue weighted by Crippen LogP contribution is 2.29. The average Bonchev–Trinajstić information content (AvgIpc) is 3.09. The molecule has 1 aliphatic rings. The SMILES string of the molecule is Cc1cc(C)cc(NC(=O)N(CC(=O)O)CC2CC2)c1. The maximum absolute atomic E-state index is 12.2. The van der Waals surface area contributed by atoms with Crippen LogP contribution in [-0.4, -0.2) is 35.1 Å². The zero-order chi connectivity index (χ0) is 14.7. The minimum absolute atomic E-state index is 0.257. The van der Waals surface area contributed by atoms with E-state index >= 15 is 0 Å². The molecule has 5 heteroatoms. The highest BCUT2D eigenvalue weighted by atomic mass is 16.4. The number of nitrogens with zero attached hydrogens (tertiary/aromatic N) is 1. The van der Waals surface area contributed by atoms with Crippen LogP contribution in [0.5, 0.6) is 0 Å². The smallest absolute Gasteiger partial charge is 0.323 e. The molecule has 2 amide bonds. The number of aryl methyl sites for hydroxylation is 2. The molecule has 0 atom stereocenters. The number of hydrogen-bond donors (Lipinski definition) is 2. The van der Waals surface area contributed by atoms with E-state index in [0.717, 1.165) is 24.0 Å². The zero-order valence-corrected chi connectivity index (χ0v) is 11.8. The summed E-state index contributed by atoms with van der Waals surface area (Å²) < 4.78 is 0. The van der Waals surface area contributed by atoms with E-state index in [-0.39, 0.29) is 12.6 Å². The third-order valence-corrected chi connectivity index (χ3v) is 3.26. The second-order valence-electron chi connectivity index (χ2n) is 5.52. The Morgan fingerprint density at radius 3 is 2.35 bits per heavy atom. The second kappa shape index (κ2) is 5.94. The molecule has 0 aromatic heterocycles. The molecule has 2 N–H and O–H groups in total. The standard InChI is InChI=1S/C15H20N2O3/c1-10-5-11(2)7-13(6-10)16-15(20)17(9-14(18)19)8-12-3-4-12/h5-7,12H,3-4,8-9H2,1-2H3,(H,16,20)(H,18,19). The third kappa shape index (κ3) is 4.26. The highest BCUT2D eigenvalue weighted by Gasteiger charge is 2.28. The highest BCUT2D eigenvalue weighted by molar-refractivity contribution is 5.91. The second-order valence-corrected chi connectivity index (χ2v) is 5.52. The Hall–Kier alpha value is -2.04. The van der Waals surface area contributed by atoms with E-state index in [2.05, 4.69) is 5.32 Å². The number of carbonyl (C=O) groups is 2. The molecule has 0 saturated heterocycles. The fourth-order valence-corrected chi connectivity index (χ4v) is 2.24. The average molecular weight is 276 g/mol. The number of rotatable bonds is 5. The molecule has 2 rings (SSSR count). The number of benzene rings is 1. The van der Waals surface area contributed by atoms with Crippen LogP contribution < -0.4 is 5.32 Å². The lowest BCUT2D eigenvalue weighted by molar-refractivity contribution is -0.137. The lowest BCUT2D eigenvalue weighted by Gasteiger charge is -2.21. The van der Waals surface area contributed by atoms with Gasteiger partial charge in [-0.1, -0.05) is 6.07 Å². The number of carboxylic acid groups (broad SMARTS) is 1. The predicted octanol–water partition coefficient (Wildman–Crippen LogP) is 2.63. The van der Waals surface area contributed by atoms with Crippen molar-refractivity contribution in [1.29, 1.82) is 0 Å². The van der Waals surface area contributed by atoms with Gasteiger partial charge in [-0.05, 0) is 55.9 Å². The van der Waals surface area contributed by atoms with E-state index in [9.17, 15) is 9.59 Å². The van der Waals surface area contributed by atoms with Crippen molar-refractivity contribution in [2.75, 3.05) is 18.4 Å². The summed E-state index contributed by atoms with van der Waals surface area (Å²) in [6.07, 6.45) is 2.15. The van der Waals surface area contributed by atoms with Crippen LogP contribution in [0.2, 0.25) is 0 Å². The molecule has 0 bridgehead atoms. The summed E-state index contributed by atoms with van der Waals surface area (Å²) in [6.45, 7) is 4.18. The fraction of sp³-hybridized carbons (Fsp3) is 0.467. The predicted molar refractivity (Wildman–Crippen MR) is 76.9 cm³/mol. The summed E-state index contributed by atoms with van der Waals surface area (Å²) in [5.41, 5.74) is 2.83. The molecule has 0 unspecified atom stereocenters. The van der Waals surface area contributed by atoms with Gasteiger partial charge in [0.2, 0.25) is 0 Å². The van der Waals surface area contributed by atoms with Crippen molar-refractivity contribution >= 4 is 17.7 Å². The molecule has 20 heavy (non-hydrogen) atoms. The van der Waals surface area contributed by atoms with Crippen LogP contribution >= 0.6 is 0 Å². The number of nitrogens with one attached hydrogen (secondary N) is 1. The first kappa shape index (κ1) is 14.4. The van der Waals surface area contributed by atoms with Crippen LogP contribution in [0.4, 0.5) is 10.5 Å². The van der Waals surface area contributed by atoms with Gasteiger partial charge >= 0.3 is 12.0 Å². The zero-order valence-electron chi connectivity index (χ0n) is 11.8. The number of hydrogen-bond acceptors (Lipinski definition) is 2. The Bertz CT molecular complexity index is 504. The Labute approximate surface area is 118 Å². The largest absolute Gasteiger partial charge is 0.480 e. The van der Waals surface area contributed by atoms with E-state index in [1.165, 1.54) is 4.90 Å². The number of carbonyl (C=O) groups excluding carboxylic acids is 1. The van der Waals surface area contributed by atoms with Gasteiger partial charge in [0.05, 0.1) is 0 Å². The normalized spacial score (nSPS) is 13.9. The first-order valence-electron chi connectivity index (χ1n) is 6.80. The molecular weight excluding hydrogens is 256 g/mol. The lowest BCUT2D eigenvalue weighted by atomic mass is 10.1. The summed E-state index contributed by atoms with van der Waals surface area (Å²) >= 11 is 0. The van der Waals surface area contributed by atoms with Gasteiger partial charge in [-0.3, -0.25) is 4.79 Å². The molecule has 0 aliphatic heterocycles. The van der Waals surface area contributed by atoms with Gasteiger partial charge in [0, 0.05) is 12.2 Å².